The maximum atomic E-state index is 13.4. The van der Waals surface area contributed by atoms with Crippen molar-refractivity contribution in [2.24, 2.45) is 0 Å². The molecule has 0 saturated carbocycles. The van der Waals surface area contributed by atoms with E-state index in [1.807, 2.05) is 0 Å². The number of benzene rings is 2. The Bertz CT molecular complexity index is 858. The van der Waals surface area contributed by atoms with Crippen LogP contribution in [0.3, 0.4) is 0 Å². The molecule has 0 atom stereocenters. The number of nitrogens with zero attached hydrogens (tertiary/aromatic N) is 1. The summed E-state index contributed by atoms with van der Waals surface area (Å²) in [6, 6.07) is 11.4. The van der Waals surface area contributed by atoms with Gasteiger partial charge in [0.1, 0.15) is 19.8 Å². The Morgan fingerprint density at radius 1 is 1.12 bits per heavy atom. The van der Waals surface area contributed by atoms with E-state index in [-0.39, 0.29) is 23.9 Å². The summed E-state index contributed by atoms with van der Waals surface area (Å²) in [7, 11) is -2.57. The Balaban J connectivity index is 1.81. The molecule has 0 aromatic heterocycles. The molecule has 0 heterocycles. The van der Waals surface area contributed by atoms with Gasteiger partial charge in [-0.1, -0.05) is 23.7 Å². The number of carbonyl (C=O) groups excluding carboxylic acids is 1. The minimum atomic E-state index is -3.84. The normalized spacial score (nSPS) is 11.4. The third-order valence-corrected chi connectivity index (χ3v) is 5.38. The van der Waals surface area contributed by atoms with Gasteiger partial charge in [-0.05, 0) is 36.4 Å². The van der Waals surface area contributed by atoms with E-state index in [2.05, 4.69) is 0 Å². The standard InChI is InChI=1S/C17H17ClFNO5S/c1-20(26(22,23)14-8-6-13(18)7-9-14)12-17(21)25-11-10-24-16-5-3-2-4-15(16)19/h2-9H,10-12H2,1H3. The van der Waals surface area contributed by atoms with E-state index in [1.54, 1.807) is 6.07 Å². The minimum absolute atomic E-state index is 0.0140. The molecule has 0 aliphatic rings. The number of likely N-dealkylation sites (N-methyl/N-ethyl adjacent to an activating group) is 1. The summed E-state index contributed by atoms with van der Waals surface area (Å²) in [6.07, 6.45) is 0. The van der Waals surface area contributed by atoms with E-state index in [1.165, 1.54) is 49.5 Å². The average Bonchev–Trinajstić information content (AvgIpc) is 2.60. The van der Waals surface area contributed by atoms with E-state index in [0.717, 1.165) is 4.31 Å². The number of esters is 1. The van der Waals surface area contributed by atoms with Crippen molar-refractivity contribution >= 4 is 27.6 Å². The van der Waals surface area contributed by atoms with E-state index in [0.29, 0.717) is 5.02 Å². The number of rotatable bonds is 8. The van der Waals surface area contributed by atoms with Gasteiger partial charge in [-0.15, -0.1) is 0 Å². The molecule has 0 aliphatic carbocycles. The lowest BCUT2D eigenvalue weighted by molar-refractivity contribution is -0.144. The van der Waals surface area contributed by atoms with Gasteiger partial charge >= 0.3 is 5.97 Å². The molecule has 0 aliphatic heterocycles. The second kappa shape index (κ2) is 8.98. The Morgan fingerprint density at radius 3 is 2.42 bits per heavy atom. The molecule has 0 saturated heterocycles. The van der Waals surface area contributed by atoms with Crippen molar-refractivity contribution in [1.29, 1.82) is 0 Å². The van der Waals surface area contributed by atoms with Gasteiger partial charge < -0.3 is 9.47 Å². The van der Waals surface area contributed by atoms with Crippen LogP contribution in [0.5, 0.6) is 5.75 Å². The van der Waals surface area contributed by atoms with Crippen LogP contribution in [0.2, 0.25) is 5.02 Å². The van der Waals surface area contributed by atoms with E-state index >= 15 is 0 Å². The second-order valence-electron chi connectivity index (χ2n) is 5.21. The molecular formula is C17H17ClFNO5S. The Morgan fingerprint density at radius 2 is 1.77 bits per heavy atom. The number of halogens is 2. The van der Waals surface area contributed by atoms with E-state index in [9.17, 15) is 17.6 Å². The first-order valence-corrected chi connectivity index (χ1v) is 9.37. The maximum Gasteiger partial charge on any atom is 0.321 e. The van der Waals surface area contributed by atoms with Gasteiger partial charge in [0.15, 0.2) is 11.6 Å². The number of hydrogen-bond acceptors (Lipinski definition) is 5. The largest absolute Gasteiger partial charge is 0.487 e. The maximum absolute atomic E-state index is 13.4. The number of ether oxygens (including phenoxy) is 2. The molecule has 26 heavy (non-hydrogen) atoms. The Hall–Kier alpha value is -2.16. The Labute approximate surface area is 156 Å². The fraction of sp³-hybridized carbons (Fsp3) is 0.235. The van der Waals surface area contributed by atoms with Crippen molar-refractivity contribution in [2.45, 2.75) is 4.90 Å². The molecule has 6 nitrogen and oxygen atoms in total. The summed E-state index contributed by atoms with van der Waals surface area (Å²) >= 11 is 5.73. The van der Waals surface area contributed by atoms with Crippen molar-refractivity contribution in [1.82, 2.24) is 4.31 Å². The Kier molecular flexibility index (Phi) is 6.96. The number of carbonyl (C=O) groups is 1. The van der Waals surface area contributed by atoms with Crippen LogP contribution in [0.4, 0.5) is 4.39 Å². The third-order valence-electron chi connectivity index (χ3n) is 3.31. The fourth-order valence-corrected chi connectivity index (χ4v) is 3.21. The SMILES string of the molecule is CN(CC(=O)OCCOc1ccccc1F)S(=O)(=O)c1ccc(Cl)cc1. The number of sulfonamides is 1. The van der Waals surface area contributed by atoms with Gasteiger partial charge in [0.2, 0.25) is 10.0 Å². The molecule has 2 rings (SSSR count). The molecule has 2 aromatic rings. The number of para-hydroxylation sites is 1. The first kappa shape index (κ1) is 20.2. The number of hydrogen-bond donors (Lipinski definition) is 0. The first-order valence-electron chi connectivity index (χ1n) is 7.55. The molecular weight excluding hydrogens is 385 g/mol. The molecule has 0 bridgehead atoms. The highest BCUT2D eigenvalue weighted by atomic mass is 35.5. The molecule has 0 radical (unpaired) electrons. The lowest BCUT2D eigenvalue weighted by atomic mass is 10.3. The van der Waals surface area contributed by atoms with Crippen molar-refractivity contribution in [3.05, 3.63) is 59.4 Å². The van der Waals surface area contributed by atoms with Crippen molar-refractivity contribution < 1.29 is 27.1 Å². The molecule has 0 unspecified atom stereocenters. The van der Waals surface area contributed by atoms with Gasteiger partial charge in [-0.2, -0.15) is 4.31 Å². The summed E-state index contributed by atoms with van der Waals surface area (Å²) in [5, 5.41) is 0.404. The lowest BCUT2D eigenvalue weighted by Gasteiger charge is -2.16. The van der Waals surface area contributed by atoms with Crippen LogP contribution in [0.25, 0.3) is 0 Å². The smallest absolute Gasteiger partial charge is 0.321 e. The lowest BCUT2D eigenvalue weighted by Crippen LogP contribution is -2.33. The highest BCUT2D eigenvalue weighted by Gasteiger charge is 2.23. The zero-order valence-electron chi connectivity index (χ0n) is 13.9. The van der Waals surface area contributed by atoms with Gasteiger partial charge in [-0.25, -0.2) is 12.8 Å². The first-order chi connectivity index (χ1) is 12.3. The zero-order valence-corrected chi connectivity index (χ0v) is 15.5. The van der Waals surface area contributed by atoms with Crippen LogP contribution < -0.4 is 4.74 Å². The molecule has 0 fully saturated rings. The predicted molar refractivity (Wildman–Crippen MR) is 94.1 cm³/mol. The van der Waals surface area contributed by atoms with E-state index in [4.69, 9.17) is 21.1 Å². The predicted octanol–water partition coefficient (Wildman–Crippen LogP) is 2.72. The van der Waals surface area contributed by atoms with Crippen molar-refractivity contribution in [3.8, 4) is 5.75 Å². The summed E-state index contributed by atoms with van der Waals surface area (Å²) in [5.41, 5.74) is 0. The van der Waals surface area contributed by atoms with Gasteiger partial charge in [0.05, 0.1) is 4.90 Å². The van der Waals surface area contributed by atoms with Crippen LogP contribution in [-0.2, 0) is 19.6 Å². The van der Waals surface area contributed by atoms with Crippen LogP contribution in [0.1, 0.15) is 0 Å². The zero-order chi connectivity index (χ0) is 19.2. The quantitative estimate of drug-likeness (QED) is 0.502. The summed E-state index contributed by atoms with van der Waals surface area (Å²) in [5.74, 6) is -1.22. The minimum Gasteiger partial charge on any atom is -0.487 e. The van der Waals surface area contributed by atoms with Gasteiger partial charge in [0, 0.05) is 12.1 Å². The topological polar surface area (TPSA) is 72.9 Å². The molecule has 2 aromatic carbocycles. The van der Waals surface area contributed by atoms with Crippen molar-refractivity contribution in [3.63, 3.8) is 0 Å². The fourth-order valence-electron chi connectivity index (χ4n) is 1.97. The molecule has 0 N–H and O–H groups in total. The van der Waals surface area contributed by atoms with E-state index < -0.39 is 28.4 Å². The van der Waals surface area contributed by atoms with Crippen LogP contribution in [0, 0.1) is 5.82 Å². The van der Waals surface area contributed by atoms with Crippen LogP contribution in [0.15, 0.2) is 53.4 Å². The summed E-state index contributed by atoms with van der Waals surface area (Å²) < 4.78 is 49.0. The molecule has 0 spiro atoms. The van der Waals surface area contributed by atoms with Gasteiger partial charge in [0.25, 0.3) is 0 Å². The van der Waals surface area contributed by atoms with Gasteiger partial charge in [-0.3, -0.25) is 4.79 Å². The van der Waals surface area contributed by atoms with Crippen LogP contribution in [-0.4, -0.2) is 45.5 Å². The summed E-state index contributed by atoms with van der Waals surface area (Å²) in [4.78, 5) is 11.8. The third kappa shape index (κ3) is 5.42. The molecule has 140 valence electrons. The molecule has 9 heteroatoms. The highest BCUT2D eigenvalue weighted by molar-refractivity contribution is 7.89. The summed E-state index contributed by atoms with van der Waals surface area (Å²) in [6.45, 7) is -0.660. The van der Waals surface area contributed by atoms with Crippen molar-refractivity contribution in [2.75, 3.05) is 26.8 Å². The second-order valence-corrected chi connectivity index (χ2v) is 7.70. The highest BCUT2D eigenvalue weighted by Crippen LogP contribution is 2.17. The monoisotopic (exact) mass is 401 g/mol. The molecule has 0 amide bonds. The average molecular weight is 402 g/mol. The van der Waals surface area contributed by atoms with Crippen LogP contribution >= 0.6 is 11.6 Å².